The Hall–Kier alpha value is -2.10. The Morgan fingerprint density at radius 3 is 2.84 bits per heavy atom. The normalized spacial score (nSPS) is 14.1. The minimum absolute atomic E-state index is 0.137. The summed E-state index contributed by atoms with van der Waals surface area (Å²) < 4.78 is 5.61. The number of nitrogens with zero attached hydrogens (tertiary/aromatic N) is 1. The molecule has 2 rings (SSSR count). The van der Waals surface area contributed by atoms with Gasteiger partial charge in [-0.1, -0.05) is 25.2 Å². The van der Waals surface area contributed by atoms with E-state index in [1.807, 2.05) is 13.0 Å². The van der Waals surface area contributed by atoms with E-state index in [1.54, 1.807) is 24.3 Å². The number of nitro benzene ring substituents is 1. The first kappa shape index (κ1) is 13.3. The molecule has 0 N–H and O–H groups in total. The van der Waals surface area contributed by atoms with E-state index in [2.05, 4.69) is 12.8 Å². The summed E-state index contributed by atoms with van der Waals surface area (Å²) >= 11 is 0. The van der Waals surface area contributed by atoms with Crippen molar-refractivity contribution >= 4 is 5.69 Å². The van der Waals surface area contributed by atoms with Crippen molar-refractivity contribution in [3.63, 3.8) is 0 Å². The van der Waals surface area contributed by atoms with Crippen LogP contribution in [0.15, 0.2) is 42.0 Å². The van der Waals surface area contributed by atoms with Crippen LogP contribution in [0.25, 0.3) is 0 Å². The maximum atomic E-state index is 10.8. The Balaban J connectivity index is 2.07. The van der Waals surface area contributed by atoms with Crippen LogP contribution in [0.4, 0.5) is 5.69 Å². The largest absolute Gasteiger partial charge is 0.489 e. The minimum Gasteiger partial charge on any atom is -0.489 e. The molecule has 4 heteroatoms. The lowest BCUT2D eigenvalue weighted by Crippen LogP contribution is -2.02. The SMILES string of the molecule is CCc1cc(OCC2=C[C][C]C=C2)ccc1[N+](=O)[O-]. The number of benzene rings is 1. The Labute approximate surface area is 112 Å². The summed E-state index contributed by atoms with van der Waals surface area (Å²) in [7, 11) is 0. The lowest BCUT2D eigenvalue weighted by molar-refractivity contribution is -0.385. The maximum Gasteiger partial charge on any atom is 0.272 e. The van der Waals surface area contributed by atoms with Crippen LogP contribution in [-0.2, 0) is 6.42 Å². The molecule has 1 aromatic carbocycles. The Morgan fingerprint density at radius 1 is 1.37 bits per heavy atom. The fraction of sp³-hybridized carbons (Fsp3) is 0.200. The third kappa shape index (κ3) is 3.44. The van der Waals surface area contributed by atoms with E-state index in [0.29, 0.717) is 24.3 Å². The summed E-state index contributed by atoms with van der Waals surface area (Å²) in [6, 6.07) is 4.83. The molecule has 0 heterocycles. The number of nitro groups is 1. The van der Waals surface area contributed by atoms with E-state index in [4.69, 9.17) is 4.74 Å². The van der Waals surface area contributed by atoms with Crippen LogP contribution >= 0.6 is 0 Å². The van der Waals surface area contributed by atoms with Crippen LogP contribution in [0.3, 0.4) is 0 Å². The fourth-order valence-electron chi connectivity index (χ4n) is 1.75. The molecule has 0 fully saturated rings. The zero-order valence-electron chi connectivity index (χ0n) is 10.6. The van der Waals surface area contributed by atoms with Gasteiger partial charge >= 0.3 is 0 Å². The minimum atomic E-state index is -0.370. The molecule has 0 aromatic heterocycles. The molecule has 1 aliphatic carbocycles. The lowest BCUT2D eigenvalue weighted by atomic mass is 10.1. The topological polar surface area (TPSA) is 52.4 Å². The highest BCUT2D eigenvalue weighted by atomic mass is 16.6. The second-order valence-electron chi connectivity index (χ2n) is 4.03. The van der Waals surface area contributed by atoms with Crippen molar-refractivity contribution in [1.29, 1.82) is 0 Å². The molecule has 0 amide bonds. The van der Waals surface area contributed by atoms with Crippen LogP contribution in [-0.4, -0.2) is 11.5 Å². The van der Waals surface area contributed by atoms with Crippen LogP contribution in [0.5, 0.6) is 5.75 Å². The Morgan fingerprint density at radius 2 is 2.21 bits per heavy atom. The van der Waals surface area contributed by atoms with Gasteiger partial charge in [0.1, 0.15) is 12.4 Å². The molecule has 0 atom stereocenters. The predicted molar refractivity (Wildman–Crippen MR) is 71.7 cm³/mol. The molecule has 96 valence electrons. The van der Waals surface area contributed by atoms with Crippen molar-refractivity contribution in [3.05, 3.63) is 70.5 Å². The van der Waals surface area contributed by atoms with Crippen LogP contribution in [0.2, 0.25) is 0 Å². The third-order valence-corrected chi connectivity index (χ3v) is 2.76. The van der Waals surface area contributed by atoms with E-state index in [-0.39, 0.29) is 10.6 Å². The molecule has 1 aromatic rings. The first-order valence-corrected chi connectivity index (χ1v) is 5.97. The van der Waals surface area contributed by atoms with E-state index in [1.165, 1.54) is 6.07 Å². The number of allylic oxidation sites excluding steroid dienone is 2. The predicted octanol–water partition coefficient (Wildman–Crippen LogP) is 3.19. The highest BCUT2D eigenvalue weighted by Gasteiger charge is 2.13. The van der Waals surface area contributed by atoms with Gasteiger partial charge in [-0.25, -0.2) is 0 Å². The highest BCUT2D eigenvalue weighted by Crippen LogP contribution is 2.25. The smallest absolute Gasteiger partial charge is 0.272 e. The van der Waals surface area contributed by atoms with E-state index >= 15 is 0 Å². The molecular formula is C15H13NO3. The summed E-state index contributed by atoms with van der Waals surface area (Å²) in [5.74, 6) is 0.635. The first-order valence-electron chi connectivity index (χ1n) is 5.97. The monoisotopic (exact) mass is 255 g/mol. The van der Waals surface area contributed by atoms with Crippen LogP contribution in [0.1, 0.15) is 12.5 Å². The zero-order chi connectivity index (χ0) is 13.7. The second-order valence-corrected chi connectivity index (χ2v) is 4.03. The van der Waals surface area contributed by atoms with Crippen molar-refractivity contribution in [2.75, 3.05) is 6.61 Å². The number of hydrogen-bond acceptors (Lipinski definition) is 3. The average Bonchev–Trinajstić information content (AvgIpc) is 2.45. The molecule has 0 unspecified atom stereocenters. The standard InChI is InChI=1S/C15H13NO3/c1-2-13-10-14(8-9-15(13)16(17)18)19-11-12-6-4-3-5-7-12/h4,6-10H,2,11H2,1H3. The Kier molecular flexibility index (Phi) is 4.34. The number of hydrogen-bond donors (Lipinski definition) is 0. The molecule has 4 nitrogen and oxygen atoms in total. The molecule has 0 aliphatic heterocycles. The van der Waals surface area contributed by atoms with Crippen LogP contribution < -0.4 is 4.74 Å². The lowest BCUT2D eigenvalue weighted by Gasteiger charge is -2.10. The van der Waals surface area contributed by atoms with Gasteiger partial charge in [0, 0.05) is 24.5 Å². The van der Waals surface area contributed by atoms with Gasteiger partial charge in [0.05, 0.1) is 4.92 Å². The van der Waals surface area contributed by atoms with Gasteiger partial charge < -0.3 is 4.74 Å². The number of ether oxygens (including phenoxy) is 1. The summed E-state index contributed by atoms with van der Waals surface area (Å²) in [6.45, 7) is 2.29. The van der Waals surface area contributed by atoms with Gasteiger partial charge in [-0.15, -0.1) is 0 Å². The molecular weight excluding hydrogens is 242 g/mol. The van der Waals surface area contributed by atoms with Crippen LogP contribution in [0, 0.1) is 23.0 Å². The average molecular weight is 255 g/mol. The van der Waals surface area contributed by atoms with Crippen molar-refractivity contribution in [3.8, 4) is 5.75 Å². The maximum absolute atomic E-state index is 10.8. The fourth-order valence-corrected chi connectivity index (χ4v) is 1.75. The highest BCUT2D eigenvalue weighted by molar-refractivity contribution is 5.45. The third-order valence-electron chi connectivity index (χ3n) is 2.76. The van der Waals surface area contributed by atoms with E-state index in [0.717, 1.165) is 5.57 Å². The summed E-state index contributed by atoms with van der Waals surface area (Å²) in [5.41, 5.74) is 1.79. The van der Waals surface area contributed by atoms with Crippen molar-refractivity contribution in [2.24, 2.45) is 0 Å². The summed E-state index contributed by atoms with van der Waals surface area (Å²) in [5, 5.41) is 10.8. The van der Waals surface area contributed by atoms with Crippen molar-refractivity contribution in [2.45, 2.75) is 13.3 Å². The van der Waals surface area contributed by atoms with Crippen molar-refractivity contribution in [1.82, 2.24) is 0 Å². The molecule has 0 saturated carbocycles. The summed E-state index contributed by atoms with van der Waals surface area (Å²) in [4.78, 5) is 10.5. The van der Waals surface area contributed by atoms with Gasteiger partial charge in [0.2, 0.25) is 0 Å². The molecule has 4 radical (unpaired) electrons. The van der Waals surface area contributed by atoms with E-state index in [9.17, 15) is 10.1 Å². The van der Waals surface area contributed by atoms with Gasteiger partial charge in [-0.3, -0.25) is 10.1 Å². The molecule has 0 bridgehead atoms. The summed E-state index contributed by atoms with van der Waals surface area (Å²) in [6.07, 6.45) is 11.7. The first-order chi connectivity index (χ1) is 9.20. The zero-order valence-corrected chi connectivity index (χ0v) is 10.6. The van der Waals surface area contributed by atoms with Crippen molar-refractivity contribution < 1.29 is 9.66 Å². The van der Waals surface area contributed by atoms with Gasteiger partial charge in [-0.05, 0) is 24.1 Å². The van der Waals surface area contributed by atoms with Gasteiger partial charge in [-0.2, -0.15) is 0 Å². The van der Waals surface area contributed by atoms with Gasteiger partial charge in [0.15, 0.2) is 0 Å². The second kappa shape index (κ2) is 6.18. The molecule has 0 spiro atoms. The molecule has 0 saturated heterocycles. The van der Waals surface area contributed by atoms with Gasteiger partial charge in [0.25, 0.3) is 5.69 Å². The Bertz CT molecular complexity index is 532. The van der Waals surface area contributed by atoms with E-state index < -0.39 is 0 Å². The molecule has 1 aliphatic rings. The number of aryl methyl sites for hydroxylation is 1. The molecule has 19 heavy (non-hydrogen) atoms. The quantitative estimate of drug-likeness (QED) is 0.599. The number of rotatable bonds is 5.